The molecule has 2 nitrogen and oxygen atoms in total. The first-order valence-electron chi connectivity index (χ1n) is 10.2. The molecule has 0 aliphatic carbocycles. The molecule has 0 aromatic heterocycles. The van der Waals surface area contributed by atoms with Crippen molar-refractivity contribution in [3.63, 3.8) is 0 Å². The van der Waals surface area contributed by atoms with Crippen molar-refractivity contribution >= 4 is 0 Å². The van der Waals surface area contributed by atoms with E-state index in [1.807, 2.05) is 0 Å². The smallest absolute Gasteiger partial charge is 0.0558 e. The largest absolute Gasteiger partial charge is 0.395 e. The van der Waals surface area contributed by atoms with Gasteiger partial charge in [0.25, 0.3) is 0 Å². The van der Waals surface area contributed by atoms with E-state index >= 15 is 0 Å². The van der Waals surface area contributed by atoms with E-state index in [1.165, 1.54) is 89.9 Å². The number of aliphatic hydroxyl groups is 1. The number of hydrogen-bond donors (Lipinski definition) is 1. The fraction of sp³-hybridized carbons (Fsp3) is 1.00. The fourth-order valence-electron chi connectivity index (χ4n) is 3.10. The maximum absolute atomic E-state index is 8.94. The van der Waals surface area contributed by atoms with Crippen molar-refractivity contribution in [2.24, 2.45) is 0 Å². The van der Waals surface area contributed by atoms with E-state index in [4.69, 9.17) is 5.11 Å². The lowest BCUT2D eigenvalue weighted by molar-refractivity contribution is 0.199. The summed E-state index contributed by atoms with van der Waals surface area (Å²) in [4.78, 5) is 2.35. The van der Waals surface area contributed by atoms with Crippen LogP contribution >= 0.6 is 0 Å². The van der Waals surface area contributed by atoms with Crippen LogP contribution in [0.15, 0.2) is 0 Å². The van der Waals surface area contributed by atoms with Crippen molar-refractivity contribution in [1.82, 2.24) is 4.90 Å². The van der Waals surface area contributed by atoms with Crippen LogP contribution in [-0.4, -0.2) is 36.2 Å². The molecule has 0 atom stereocenters. The highest BCUT2D eigenvalue weighted by Crippen LogP contribution is 2.13. The zero-order valence-electron chi connectivity index (χ0n) is 15.6. The van der Waals surface area contributed by atoms with Crippen LogP contribution in [0.4, 0.5) is 0 Å². The van der Waals surface area contributed by atoms with Gasteiger partial charge in [-0.2, -0.15) is 0 Å². The average Bonchev–Trinajstić information content (AvgIpc) is 2.54. The van der Waals surface area contributed by atoms with Gasteiger partial charge >= 0.3 is 0 Å². The lowest BCUT2D eigenvalue weighted by Crippen LogP contribution is -2.27. The number of aliphatic hydroxyl groups excluding tert-OH is 1. The molecule has 0 spiro atoms. The second-order valence-corrected chi connectivity index (χ2v) is 6.75. The highest BCUT2D eigenvalue weighted by Gasteiger charge is 2.00. The average molecular weight is 314 g/mol. The summed E-state index contributed by atoms with van der Waals surface area (Å²) in [5.41, 5.74) is 0. The lowest BCUT2D eigenvalue weighted by Gasteiger charge is -2.18. The van der Waals surface area contributed by atoms with Gasteiger partial charge in [-0.05, 0) is 19.5 Å². The fourth-order valence-corrected chi connectivity index (χ4v) is 3.10. The Morgan fingerprint density at radius 1 is 0.545 bits per heavy atom. The molecule has 0 heterocycles. The molecule has 0 saturated heterocycles. The highest BCUT2D eigenvalue weighted by molar-refractivity contribution is 4.55. The SMILES string of the molecule is CCCCCCCCCCCCCCCCN(CC)CCO. The van der Waals surface area contributed by atoms with E-state index in [0.717, 1.165) is 19.6 Å². The molecular weight excluding hydrogens is 270 g/mol. The molecule has 0 bridgehead atoms. The number of hydrogen-bond acceptors (Lipinski definition) is 2. The topological polar surface area (TPSA) is 23.5 Å². The monoisotopic (exact) mass is 313 g/mol. The van der Waals surface area contributed by atoms with Crippen molar-refractivity contribution in [3.05, 3.63) is 0 Å². The molecule has 0 saturated carbocycles. The molecule has 1 N–H and O–H groups in total. The molecule has 134 valence electrons. The van der Waals surface area contributed by atoms with Gasteiger partial charge < -0.3 is 10.0 Å². The van der Waals surface area contributed by atoms with Crippen molar-refractivity contribution in [2.45, 2.75) is 104 Å². The van der Waals surface area contributed by atoms with Crippen molar-refractivity contribution in [2.75, 3.05) is 26.2 Å². The Kier molecular flexibility index (Phi) is 18.9. The van der Waals surface area contributed by atoms with Crippen LogP contribution in [0.3, 0.4) is 0 Å². The van der Waals surface area contributed by atoms with E-state index in [9.17, 15) is 0 Å². The maximum atomic E-state index is 8.94. The molecule has 0 fully saturated rings. The van der Waals surface area contributed by atoms with Crippen molar-refractivity contribution < 1.29 is 5.11 Å². The first-order valence-corrected chi connectivity index (χ1v) is 10.2. The molecule has 0 rings (SSSR count). The van der Waals surface area contributed by atoms with Gasteiger partial charge in [-0.1, -0.05) is 97.3 Å². The summed E-state index contributed by atoms with van der Waals surface area (Å²) >= 11 is 0. The Bertz CT molecular complexity index is 196. The number of rotatable bonds is 18. The summed E-state index contributed by atoms with van der Waals surface area (Å²) in [5, 5.41) is 8.94. The second kappa shape index (κ2) is 19.0. The van der Waals surface area contributed by atoms with Gasteiger partial charge in [0.2, 0.25) is 0 Å². The molecule has 2 heteroatoms. The Morgan fingerprint density at radius 3 is 1.32 bits per heavy atom. The molecule has 0 unspecified atom stereocenters. The van der Waals surface area contributed by atoms with Gasteiger partial charge in [0.15, 0.2) is 0 Å². The predicted molar refractivity (Wildman–Crippen MR) is 99.5 cm³/mol. The minimum atomic E-state index is 0.298. The summed E-state index contributed by atoms with van der Waals surface area (Å²) in [7, 11) is 0. The van der Waals surface area contributed by atoms with E-state index in [-0.39, 0.29) is 0 Å². The molecule has 0 aliphatic heterocycles. The van der Waals surface area contributed by atoms with E-state index in [2.05, 4.69) is 18.7 Å². The van der Waals surface area contributed by atoms with Crippen LogP contribution in [0.1, 0.15) is 104 Å². The number of unbranched alkanes of at least 4 members (excludes halogenated alkanes) is 13. The minimum Gasteiger partial charge on any atom is -0.395 e. The minimum absolute atomic E-state index is 0.298. The third-order valence-electron chi connectivity index (χ3n) is 4.69. The summed E-state index contributed by atoms with van der Waals surface area (Å²) in [6.45, 7) is 7.84. The predicted octanol–water partition coefficient (Wildman–Crippen LogP) is 5.78. The Morgan fingerprint density at radius 2 is 0.955 bits per heavy atom. The molecular formula is C20H43NO. The molecule has 0 radical (unpaired) electrons. The van der Waals surface area contributed by atoms with Gasteiger partial charge in [-0.25, -0.2) is 0 Å². The summed E-state index contributed by atoms with van der Waals surface area (Å²) in [6.07, 6.45) is 19.9. The molecule has 0 aromatic rings. The van der Waals surface area contributed by atoms with E-state index in [0.29, 0.717) is 6.61 Å². The van der Waals surface area contributed by atoms with Crippen molar-refractivity contribution in [1.29, 1.82) is 0 Å². The van der Waals surface area contributed by atoms with Gasteiger partial charge in [-0.3, -0.25) is 0 Å². The molecule has 0 amide bonds. The summed E-state index contributed by atoms with van der Waals surface area (Å²) in [5.74, 6) is 0. The second-order valence-electron chi connectivity index (χ2n) is 6.75. The third kappa shape index (κ3) is 16.3. The Hall–Kier alpha value is -0.0800. The van der Waals surface area contributed by atoms with Gasteiger partial charge in [-0.15, -0.1) is 0 Å². The van der Waals surface area contributed by atoms with E-state index < -0.39 is 0 Å². The normalized spacial score (nSPS) is 11.5. The van der Waals surface area contributed by atoms with Crippen LogP contribution in [0, 0.1) is 0 Å². The molecule has 0 aromatic carbocycles. The van der Waals surface area contributed by atoms with Crippen molar-refractivity contribution in [3.8, 4) is 0 Å². The first kappa shape index (κ1) is 21.9. The van der Waals surface area contributed by atoms with Crippen LogP contribution in [0.2, 0.25) is 0 Å². The highest BCUT2D eigenvalue weighted by atomic mass is 16.3. The quantitative estimate of drug-likeness (QED) is 0.324. The standard InChI is InChI=1S/C20H43NO/c1-3-5-6-7-8-9-10-11-12-13-14-15-16-17-18-21(4-2)19-20-22/h22H,3-20H2,1-2H3. The van der Waals surface area contributed by atoms with Crippen LogP contribution < -0.4 is 0 Å². The Labute approximate surface area is 140 Å². The summed E-state index contributed by atoms with van der Waals surface area (Å²) in [6, 6.07) is 0. The van der Waals surface area contributed by atoms with Crippen LogP contribution in [0.5, 0.6) is 0 Å². The van der Waals surface area contributed by atoms with Gasteiger partial charge in [0.05, 0.1) is 6.61 Å². The maximum Gasteiger partial charge on any atom is 0.0558 e. The number of nitrogens with zero attached hydrogens (tertiary/aromatic N) is 1. The van der Waals surface area contributed by atoms with E-state index in [1.54, 1.807) is 0 Å². The zero-order valence-corrected chi connectivity index (χ0v) is 15.6. The molecule has 22 heavy (non-hydrogen) atoms. The third-order valence-corrected chi connectivity index (χ3v) is 4.69. The first-order chi connectivity index (χ1) is 10.8. The van der Waals surface area contributed by atoms with Crippen LogP contribution in [-0.2, 0) is 0 Å². The zero-order chi connectivity index (χ0) is 16.3. The molecule has 0 aliphatic rings. The lowest BCUT2D eigenvalue weighted by atomic mass is 10.0. The van der Waals surface area contributed by atoms with Crippen LogP contribution in [0.25, 0.3) is 0 Å². The Balaban J connectivity index is 3.08. The van der Waals surface area contributed by atoms with Gasteiger partial charge in [0, 0.05) is 6.54 Å². The number of likely N-dealkylation sites (N-methyl/N-ethyl adjacent to an activating group) is 1. The van der Waals surface area contributed by atoms with Gasteiger partial charge in [0.1, 0.15) is 0 Å². The summed E-state index contributed by atoms with van der Waals surface area (Å²) < 4.78 is 0.